The van der Waals surface area contributed by atoms with Gasteiger partial charge in [-0.25, -0.2) is 0 Å². The van der Waals surface area contributed by atoms with Crippen LogP contribution in [0.1, 0.15) is 27.9 Å². The van der Waals surface area contributed by atoms with Gasteiger partial charge in [-0.2, -0.15) is 0 Å². The van der Waals surface area contributed by atoms with Crippen molar-refractivity contribution in [1.29, 1.82) is 0 Å². The fourth-order valence-electron chi connectivity index (χ4n) is 2.81. The number of nitrogens with one attached hydrogen (secondary N) is 1. The van der Waals surface area contributed by atoms with Gasteiger partial charge in [-0.05, 0) is 43.2 Å². The number of nitrogens with zero attached hydrogens (tertiary/aromatic N) is 1. The average Bonchev–Trinajstić information content (AvgIpc) is 3.00. The summed E-state index contributed by atoms with van der Waals surface area (Å²) in [5, 5.41) is 2.85. The molecular weight excluding hydrogens is 404 g/mol. The normalized spacial score (nSPS) is 15.2. The van der Waals surface area contributed by atoms with E-state index in [1.807, 2.05) is 37.3 Å². The number of aryl methyl sites for hydroxylation is 1. The topological polar surface area (TPSA) is 58.6 Å². The molecule has 2 aromatic carbocycles. The summed E-state index contributed by atoms with van der Waals surface area (Å²) >= 11 is 6.70. The number of thiocarbonyl (C=S) groups is 1. The lowest BCUT2D eigenvalue weighted by molar-refractivity contribution is -0.113. The highest BCUT2D eigenvalue weighted by molar-refractivity contribution is 8.27. The summed E-state index contributed by atoms with van der Waals surface area (Å²) in [6, 6.07) is 14.9. The number of carbonyl (C=O) groups excluding carboxylic acids is 2. The van der Waals surface area contributed by atoms with E-state index >= 15 is 0 Å². The molecule has 0 aromatic heterocycles. The van der Waals surface area contributed by atoms with Gasteiger partial charge in [0.25, 0.3) is 11.8 Å². The van der Waals surface area contributed by atoms with Gasteiger partial charge >= 0.3 is 0 Å². The van der Waals surface area contributed by atoms with Gasteiger partial charge in [0, 0.05) is 25.8 Å². The largest absolute Gasteiger partial charge is 0.385 e. The average molecular weight is 427 g/mol. The van der Waals surface area contributed by atoms with Crippen molar-refractivity contribution in [3.05, 3.63) is 70.1 Å². The van der Waals surface area contributed by atoms with Gasteiger partial charge in [-0.1, -0.05) is 59.9 Å². The van der Waals surface area contributed by atoms with Crippen molar-refractivity contribution in [2.24, 2.45) is 0 Å². The van der Waals surface area contributed by atoms with Gasteiger partial charge in [-0.15, -0.1) is 0 Å². The summed E-state index contributed by atoms with van der Waals surface area (Å²) in [4.78, 5) is 27.4. The number of methoxy groups -OCH3 is 1. The second kappa shape index (κ2) is 9.82. The van der Waals surface area contributed by atoms with E-state index in [1.54, 1.807) is 31.4 Å². The zero-order valence-corrected chi connectivity index (χ0v) is 17.9. The molecule has 150 valence electrons. The number of carbonyl (C=O) groups is 2. The Labute approximate surface area is 180 Å². The quantitative estimate of drug-likeness (QED) is 0.409. The third kappa shape index (κ3) is 5.32. The third-order valence-electron chi connectivity index (χ3n) is 4.35. The summed E-state index contributed by atoms with van der Waals surface area (Å²) in [6.07, 6.45) is 2.57. The molecule has 0 unspecified atom stereocenters. The Hall–Kier alpha value is -2.48. The van der Waals surface area contributed by atoms with Gasteiger partial charge in [-0.3, -0.25) is 14.5 Å². The molecule has 0 bridgehead atoms. The number of rotatable bonds is 7. The van der Waals surface area contributed by atoms with E-state index in [1.165, 1.54) is 16.7 Å². The Kier molecular flexibility index (Phi) is 7.19. The monoisotopic (exact) mass is 426 g/mol. The molecule has 3 rings (SSSR count). The molecule has 5 nitrogen and oxygen atoms in total. The predicted octanol–water partition coefficient (Wildman–Crippen LogP) is 4.17. The maximum atomic E-state index is 12.9. The molecule has 0 spiro atoms. The van der Waals surface area contributed by atoms with Crippen molar-refractivity contribution in [2.45, 2.75) is 13.3 Å². The Morgan fingerprint density at radius 2 is 2.00 bits per heavy atom. The molecule has 1 N–H and O–H groups in total. The van der Waals surface area contributed by atoms with Gasteiger partial charge in [0.05, 0.1) is 10.6 Å². The molecule has 29 heavy (non-hydrogen) atoms. The molecule has 1 aliphatic rings. The van der Waals surface area contributed by atoms with Crippen molar-refractivity contribution < 1.29 is 14.3 Å². The van der Waals surface area contributed by atoms with Crippen LogP contribution in [0.2, 0.25) is 0 Å². The first-order valence-electron chi connectivity index (χ1n) is 9.21. The van der Waals surface area contributed by atoms with Crippen LogP contribution in [0.5, 0.6) is 0 Å². The molecule has 7 heteroatoms. The summed E-state index contributed by atoms with van der Waals surface area (Å²) < 4.78 is 5.43. The standard InChI is InChI=1S/C22H22N2O3S2/c1-15-7-9-16(10-8-15)13-19-21(26)24(22(28)29-19)18-6-3-5-17(14-18)20(25)23-11-4-12-27-2/h3,5-10,13-14H,4,11-12H2,1-2H3,(H,23,25)/b19-13-. The number of hydrogen-bond donors (Lipinski definition) is 1. The van der Waals surface area contributed by atoms with Crippen LogP contribution in [0, 0.1) is 6.92 Å². The van der Waals surface area contributed by atoms with E-state index in [2.05, 4.69) is 5.32 Å². The van der Waals surface area contributed by atoms with Crippen molar-refractivity contribution in [2.75, 3.05) is 25.2 Å². The molecule has 1 heterocycles. The molecule has 1 fully saturated rings. The van der Waals surface area contributed by atoms with Gasteiger partial charge in [0.2, 0.25) is 0 Å². The Bertz CT molecular complexity index is 955. The molecule has 0 radical (unpaired) electrons. The molecule has 2 amide bonds. The van der Waals surface area contributed by atoms with Crippen LogP contribution in [0.3, 0.4) is 0 Å². The summed E-state index contributed by atoms with van der Waals surface area (Å²) in [7, 11) is 1.63. The van der Waals surface area contributed by atoms with Crippen LogP contribution in [0.15, 0.2) is 53.4 Å². The summed E-state index contributed by atoms with van der Waals surface area (Å²) in [6.45, 7) is 3.13. The van der Waals surface area contributed by atoms with Crippen LogP contribution in [0.4, 0.5) is 5.69 Å². The first-order valence-corrected chi connectivity index (χ1v) is 10.4. The first-order chi connectivity index (χ1) is 14.0. The Morgan fingerprint density at radius 1 is 1.24 bits per heavy atom. The van der Waals surface area contributed by atoms with Crippen molar-refractivity contribution in [3.8, 4) is 0 Å². The van der Waals surface area contributed by atoms with E-state index in [0.717, 1.165) is 17.5 Å². The van der Waals surface area contributed by atoms with Crippen molar-refractivity contribution >= 4 is 51.9 Å². The van der Waals surface area contributed by atoms with Gasteiger partial charge in [0.15, 0.2) is 4.32 Å². The second-order valence-electron chi connectivity index (χ2n) is 6.58. The Morgan fingerprint density at radius 3 is 2.72 bits per heavy atom. The summed E-state index contributed by atoms with van der Waals surface area (Å²) in [5.41, 5.74) is 3.17. The lowest BCUT2D eigenvalue weighted by atomic mass is 10.1. The SMILES string of the molecule is COCCCNC(=O)c1cccc(N2C(=O)/C(=C/c3ccc(C)cc3)SC2=S)c1. The van der Waals surface area contributed by atoms with Crippen LogP contribution < -0.4 is 10.2 Å². The number of ether oxygens (including phenoxy) is 1. The number of benzene rings is 2. The lowest BCUT2D eigenvalue weighted by Gasteiger charge is -2.15. The summed E-state index contributed by atoms with van der Waals surface area (Å²) in [5.74, 6) is -0.373. The minimum atomic E-state index is -0.191. The minimum Gasteiger partial charge on any atom is -0.385 e. The lowest BCUT2D eigenvalue weighted by Crippen LogP contribution is -2.29. The maximum absolute atomic E-state index is 12.9. The number of anilines is 1. The zero-order chi connectivity index (χ0) is 20.8. The van der Waals surface area contributed by atoms with E-state index in [-0.39, 0.29) is 11.8 Å². The van der Waals surface area contributed by atoms with Gasteiger partial charge < -0.3 is 10.1 Å². The van der Waals surface area contributed by atoms with Crippen LogP contribution in [0.25, 0.3) is 6.08 Å². The van der Waals surface area contributed by atoms with Crippen LogP contribution >= 0.6 is 24.0 Å². The minimum absolute atomic E-state index is 0.182. The highest BCUT2D eigenvalue weighted by Crippen LogP contribution is 2.36. The van der Waals surface area contributed by atoms with E-state index in [9.17, 15) is 9.59 Å². The molecule has 1 aliphatic heterocycles. The predicted molar refractivity (Wildman–Crippen MR) is 122 cm³/mol. The highest BCUT2D eigenvalue weighted by atomic mass is 32.2. The van der Waals surface area contributed by atoms with E-state index < -0.39 is 0 Å². The third-order valence-corrected chi connectivity index (χ3v) is 5.65. The van der Waals surface area contributed by atoms with E-state index in [0.29, 0.717) is 33.6 Å². The van der Waals surface area contributed by atoms with Gasteiger partial charge in [0.1, 0.15) is 0 Å². The van der Waals surface area contributed by atoms with Crippen molar-refractivity contribution in [3.63, 3.8) is 0 Å². The Balaban J connectivity index is 1.76. The maximum Gasteiger partial charge on any atom is 0.270 e. The molecule has 2 aromatic rings. The number of hydrogen-bond acceptors (Lipinski definition) is 5. The molecule has 0 aliphatic carbocycles. The van der Waals surface area contributed by atoms with Crippen molar-refractivity contribution in [1.82, 2.24) is 5.32 Å². The fourth-order valence-corrected chi connectivity index (χ4v) is 4.11. The fraction of sp³-hybridized carbons (Fsp3) is 0.227. The smallest absolute Gasteiger partial charge is 0.270 e. The van der Waals surface area contributed by atoms with Crippen LogP contribution in [-0.4, -0.2) is 36.4 Å². The van der Waals surface area contributed by atoms with Crippen LogP contribution in [-0.2, 0) is 9.53 Å². The molecular formula is C22H22N2O3S2. The second-order valence-corrected chi connectivity index (χ2v) is 8.26. The number of amides is 2. The van der Waals surface area contributed by atoms with E-state index in [4.69, 9.17) is 17.0 Å². The molecule has 1 saturated heterocycles. The first kappa shape index (κ1) is 21.2. The highest BCUT2D eigenvalue weighted by Gasteiger charge is 2.33. The zero-order valence-electron chi connectivity index (χ0n) is 16.3. The molecule has 0 atom stereocenters. The molecule has 0 saturated carbocycles. The number of thioether (sulfide) groups is 1.